The van der Waals surface area contributed by atoms with Crippen molar-refractivity contribution >= 4 is 17.7 Å². The van der Waals surface area contributed by atoms with E-state index in [1.54, 1.807) is 4.90 Å². The number of carbonyl (C=O) groups is 1. The van der Waals surface area contributed by atoms with Crippen LogP contribution in [0.1, 0.15) is 42.4 Å². The number of hydrogen-bond donors (Lipinski definition) is 0. The van der Waals surface area contributed by atoms with Crippen molar-refractivity contribution in [2.75, 3.05) is 18.0 Å². The van der Waals surface area contributed by atoms with Crippen molar-refractivity contribution in [2.45, 2.75) is 39.8 Å². The van der Waals surface area contributed by atoms with E-state index in [1.165, 1.54) is 12.1 Å². The molecule has 6 nitrogen and oxygen atoms in total. The van der Waals surface area contributed by atoms with Crippen LogP contribution in [0.25, 0.3) is 11.4 Å². The quantitative estimate of drug-likeness (QED) is 0.584. The molecule has 3 aromatic rings. The zero-order valence-corrected chi connectivity index (χ0v) is 19.1. The maximum atomic E-state index is 14.7. The second-order valence-corrected chi connectivity index (χ2v) is 9.16. The fourth-order valence-electron chi connectivity index (χ4n) is 4.46. The Morgan fingerprint density at radius 3 is 2.48 bits per heavy atom. The molecule has 0 bridgehead atoms. The Labute approximate surface area is 191 Å². The monoisotopic (exact) mass is 449 g/mol. The third-order valence-corrected chi connectivity index (χ3v) is 6.04. The number of rotatable bonds is 4. The van der Waals surface area contributed by atoms with Crippen LogP contribution in [0.4, 0.5) is 14.6 Å². The Hall–Kier alpha value is -3.55. The third kappa shape index (κ3) is 3.50. The normalized spacial score (nSPS) is 16.7. The Morgan fingerprint density at radius 2 is 1.82 bits per heavy atom. The summed E-state index contributed by atoms with van der Waals surface area (Å²) in [5.41, 5.74) is 2.13. The predicted molar refractivity (Wildman–Crippen MR) is 123 cm³/mol. The van der Waals surface area contributed by atoms with E-state index in [1.807, 2.05) is 61.4 Å². The smallest absolute Gasteiger partial charge is 0.283 e. The molecule has 2 aliphatic rings. The Balaban J connectivity index is 1.74. The molecule has 0 saturated heterocycles. The van der Waals surface area contributed by atoms with Crippen molar-refractivity contribution in [1.29, 1.82) is 0 Å². The molecule has 2 aliphatic heterocycles. The zero-order chi connectivity index (χ0) is 23.5. The van der Waals surface area contributed by atoms with Crippen LogP contribution in [0.15, 0.2) is 47.5 Å². The van der Waals surface area contributed by atoms with Gasteiger partial charge in [0.05, 0.1) is 18.6 Å². The molecule has 2 aromatic carbocycles. The van der Waals surface area contributed by atoms with Crippen molar-refractivity contribution in [3.05, 3.63) is 70.9 Å². The maximum Gasteiger partial charge on any atom is 0.283 e. The molecule has 0 atom stereocenters. The lowest BCUT2D eigenvalue weighted by atomic mass is 10.1. The summed E-state index contributed by atoms with van der Waals surface area (Å²) in [6.45, 7) is 9.04. The van der Waals surface area contributed by atoms with Gasteiger partial charge in [0.1, 0.15) is 23.3 Å². The highest BCUT2D eigenvalue weighted by atomic mass is 19.1. The largest absolute Gasteiger partial charge is 0.305 e. The predicted octanol–water partition coefficient (Wildman–Crippen LogP) is 4.62. The molecule has 5 rings (SSSR count). The summed E-state index contributed by atoms with van der Waals surface area (Å²) in [5, 5.41) is 0. The van der Waals surface area contributed by atoms with Crippen LogP contribution < -0.4 is 4.90 Å². The van der Waals surface area contributed by atoms with Crippen LogP contribution in [0.3, 0.4) is 0 Å². The van der Waals surface area contributed by atoms with Crippen molar-refractivity contribution in [3.63, 3.8) is 0 Å². The van der Waals surface area contributed by atoms with E-state index in [2.05, 4.69) is 0 Å². The van der Waals surface area contributed by atoms with E-state index in [4.69, 9.17) is 9.98 Å². The number of aromatic nitrogens is 2. The number of anilines is 1. The number of aryl methyl sites for hydroxylation is 1. The number of aliphatic imine (C=N–C) groups is 1. The molecule has 3 heterocycles. The summed E-state index contributed by atoms with van der Waals surface area (Å²) >= 11 is 0. The van der Waals surface area contributed by atoms with Gasteiger partial charge in [-0.3, -0.25) is 14.6 Å². The minimum Gasteiger partial charge on any atom is -0.305 e. The van der Waals surface area contributed by atoms with Gasteiger partial charge >= 0.3 is 0 Å². The lowest BCUT2D eigenvalue weighted by Gasteiger charge is -2.34. The van der Waals surface area contributed by atoms with Gasteiger partial charge in [-0.05, 0) is 33.8 Å². The van der Waals surface area contributed by atoms with Crippen molar-refractivity contribution in [3.8, 4) is 11.4 Å². The number of imidazole rings is 1. The van der Waals surface area contributed by atoms with Gasteiger partial charge in [-0.2, -0.15) is 0 Å². The van der Waals surface area contributed by atoms with Crippen LogP contribution in [0.5, 0.6) is 0 Å². The SMILES string of the molecule is CCN1C(=O)c2nc(-c3ccc(C)cc3)n(Cc3ccc(F)cc3F)c2N2CC(C)(C)N=C12. The number of fused-ring (bicyclic) bond motifs is 3. The molecular weight excluding hydrogens is 424 g/mol. The molecule has 0 fully saturated rings. The Morgan fingerprint density at radius 1 is 1.09 bits per heavy atom. The van der Waals surface area contributed by atoms with Crippen LogP contribution in [-0.2, 0) is 6.54 Å². The number of halogens is 2. The van der Waals surface area contributed by atoms with E-state index in [-0.39, 0.29) is 12.5 Å². The molecule has 0 spiro atoms. The zero-order valence-electron chi connectivity index (χ0n) is 19.1. The Kier molecular flexibility index (Phi) is 4.84. The molecule has 0 radical (unpaired) electrons. The standard InChI is InChI=1S/C25H25F2N5O/c1-5-30-23(33)20-22(32-14-25(3,4)29-24(30)32)31(13-17-10-11-18(26)12-19(17)27)21(28-20)16-8-6-15(2)7-9-16/h6-12H,5,13-14H2,1-4H3. The van der Waals surface area contributed by atoms with Gasteiger partial charge in [0.25, 0.3) is 5.91 Å². The topological polar surface area (TPSA) is 53.7 Å². The molecular formula is C25H25F2N5O. The molecule has 33 heavy (non-hydrogen) atoms. The van der Waals surface area contributed by atoms with Gasteiger partial charge in [-0.15, -0.1) is 0 Å². The molecule has 0 unspecified atom stereocenters. The summed E-state index contributed by atoms with van der Waals surface area (Å²) in [6, 6.07) is 11.4. The number of hydrogen-bond acceptors (Lipinski definition) is 4. The number of carbonyl (C=O) groups excluding carboxylic acids is 1. The summed E-state index contributed by atoms with van der Waals surface area (Å²) < 4.78 is 30.0. The fraction of sp³-hybridized carbons (Fsp3) is 0.320. The molecule has 0 N–H and O–H groups in total. The van der Waals surface area contributed by atoms with Crippen LogP contribution >= 0.6 is 0 Å². The lowest BCUT2D eigenvalue weighted by Crippen LogP contribution is -2.51. The first kappa shape index (κ1) is 21.3. The molecule has 170 valence electrons. The highest BCUT2D eigenvalue weighted by Crippen LogP contribution is 2.38. The molecule has 0 saturated carbocycles. The second-order valence-electron chi connectivity index (χ2n) is 9.16. The summed E-state index contributed by atoms with van der Waals surface area (Å²) in [7, 11) is 0. The third-order valence-electron chi connectivity index (χ3n) is 6.04. The first-order chi connectivity index (χ1) is 15.7. The van der Waals surface area contributed by atoms with Gasteiger partial charge in [0.2, 0.25) is 5.96 Å². The summed E-state index contributed by atoms with van der Waals surface area (Å²) in [5.74, 6) is 0.225. The highest BCUT2D eigenvalue weighted by molar-refractivity contribution is 6.18. The minimum atomic E-state index is -0.639. The summed E-state index contributed by atoms with van der Waals surface area (Å²) in [4.78, 5) is 26.6. The van der Waals surface area contributed by atoms with Crippen LogP contribution in [0.2, 0.25) is 0 Å². The van der Waals surface area contributed by atoms with E-state index in [9.17, 15) is 13.6 Å². The fourth-order valence-corrected chi connectivity index (χ4v) is 4.46. The Bertz CT molecular complexity index is 1290. The second kappa shape index (κ2) is 7.50. The van der Waals surface area contributed by atoms with E-state index >= 15 is 0 Å². The van der Waals surface area contributed by atoms with Crippen molar-refractivity contribution < 1.29 is 13.6 Å². The average Bonchev–Trinajstić information content (AvgIpc) is 3.28. The van der Waals surface area contributed by atoms with E-state index in [0.29, 0.717) is 41.9 Å². The number of amides is 1. The minimum absolute atomic E-state index is 0.0985. The summed E-state index contributed by atoms with van der Waals surface area (Å²) in [6.07, 6.45) is 0. The van der Waals surface area contributed by atoms with Crippen molar-refractivity contribution in [1.82, 2.24) is 14.5 Å². The molecule has 1 aromatic heterocycles. The van der Waals surface area contributed by atoms with Gasteiger partial charge in [0, 0.05) is 23.7 Å². The number of nitrogens with zero attached hydrogens (tertiary/aromatic N) is 5. The number of guanidine groups is 1. The highest BCUT2D eigenvalue weighted by Gasteiger charge is 2.45. The van der Waals surface area contributed by atoms with Crippen LogP contribution in [-0.4, -0.2) is 44.9 Å². The van der Waals surface area contributed by atoms with Gasteiger partial charge < -0.3 is 4.57 Å². The molecule has 8 heteroatoms. The lowest BCUT2D eigenvalue weighted by molar-refractivity contribution is 0.0841. The first-order valence-electron chi connectivity index (χ1n) is 11.0. The average molecular weight is 450 g/mol. The van der Waals surface area contributed by atoms with Gasteiger partial charge in [0.15, 0.2) is 5.69 Å². The maximum absolute atomic E-state index is 14.7. The molecule has 1 amide bonds. The van der Waals surface area contributed by atoms with Gasteiger partial charge in [-0.25, -0.2) is 18.8 Å². The van der Waals surface area contributed by atoms with Crippen molar-refractivity contribution in [2.24, 2.45) is 4.99 Å². The van der Waals surface area contributed by atoms with Gasteiger partial charge in [-0.1, -0.05) is 35.9 Å². The van der Waals surface area contributed by atoms with E-state index < -0.39 is 17.2 Å². The first-order valence-corrected chi connectivity index (χ1v) is 11.0. The van der Waals surface area contributed by atoms with Crippen LogP contribution in [0, 0.1) is 18.6 Å². The van der Waals surface area contributed by atoms with E-state index in [0.717, 1.165) is 17.2 Å². The molecule has 0 aliphatic carbocycles. The number of benzene rings is 2.